The lowest BCUT2D eigenvalue weighted by atomic mass is 10.1. The Morgan fingerprint density at radius 2 is 1.80 bits per heavy atom. The van der Waals surface area contributed by atoms with Crippen molar-refractivity contribution in [1.29, 1.82) is 0 Å². The maximum atomic E-state index is 11.7. The van der Waals surface area contributed by atoms with Crippen molar-refractivity contribution in [2.24, 2.45) is 0 Å². The molecule has 0 aromatic heterocycles. The number of esters is 2. The minimum absolute atomic E-state index is 0.242. The second-order valence-electron chi connectivity index (χ2n) is 3.58. The lowest BCUT2D eigenvalue weighted by Crippen LogP contribution is -2.04. The Balaban J connectivity index is 3.15. The summed E-state index contributed by atoms with van der Waals surface area (Å²) in [7, 11) is 2.52. The summed E-state index contributed by atoms with van der Waals surface area (Å²) in [4.78, 5) is 22.7. The van der Waals surface area contributed by atoms with Gasteiger partial charge in [0.25, 0.3) is 0 Å². The van der Waals surface area contributed by atoms with E-state index in [0.717, 1.165) is 0 Å². The summed E-state index contributed by atoms with van der Waals surface area (Å²) in [5.41, 5.74) is 0.770. The largest absolute Gasteiger partial charge is 0.466 e. The van der Waals surface area contributed by atoms with Gasteiger partial charge >= 0.3 is 11.9 Å². The number of allylic oxidation sites excluding steroid dienone is 2. The van der Waals surface area contributed by atoms with Crippen molar-refractivity contribution in [3.63, 3.8) is 0 Å². The zero-order chi connectivity index (χ0) is 15.1. The van der Waals surface area contributed by atoms with Crippen molar-refractivity contribution in [1.82, 2.24) is 0 Å². The first kappa shape index (κ1) is 16.3. The molecule has 106 valence electrons. The average Bonchev–Trinajstić information content (AvgIpc) is 2.45. The van der Waals surface area contributed by atoms with Crippen LogP contribution in [-0.4, -0.2) is 26.2 Å². The van der Waals surface area contributed by atoms with E-state index in [0.29, 0.717) is 15.6 Å². The highest BCUT2D eigenvalue weighted by atomic mass is 35.5. The van der Waals surface area contributed by atoms with Crippen LogP contribution in [0, 0.1) is 0 Å². The van der Waals surface area contributed by atoms with Crippen molar-refractivity contribution in [3.05, 3.63) is 52.0 Å². The number of rotatable bonds is 4. The van der Waals surface area contributed by atoms with E-state index in [1.165, 1.54) is 32.4 Å². The van der Waals surface area contributed by atoms with Crippen LogP contribution >= 0.6 is 23.2 Å². The first-order chi connectivity index (χ1) is 9.49. The molecule has 0 radical (unpaired) electrons. The molecule has 0 bridgehead atoms. The fraction of sp³-hybridized carbons (Fsp3) is 0.143. The Hall–Kier alpha value is -1.78. The van der Waals surface area contributed by atoms with Crippen LogP contribution in [0.1, 0.15) is 5.56 Å². The van der Waals surface area contributed by atoms with Crippen LogP contribution in [-0.2, 0) is 19.1 Å². The van der Waals surface area contributed by atoms with Gasteiger partial charge in [0.2, 0.25) is 0 Å². The van der Waals surface area contributed by atoms with Crippen LogP contribution in [0.5, 0.6) is 0 Å². The lowest BCUT2D eigenvalue weighted by Gasteiger charge is -2.06. The fourth-order valence-corrected chi connectivity index (χ4v) is 1.64. The van der Waals surface area contributed by atoms with Crippen LogP contribution in [0.3, 0.4) is 0 Å². The number of carbonyl (C=O) groups excluding carboxylic acids is 2. The summed E-state index contributed by atoms with van der Waals surface area (Å²) in [5.74, 6) is -1.09. The third kappa shape index (κ3) is 4.40. The third-order valence-corrected chi connectivity index (χ3v) is 3.07. The number of hydrogen-bond acceptors (Lipinski definition) is 4. The van der Waals surface area contributed by atoms with Gasteiger partial charge in [0.15, 0.2) is 0 Å². The molecule has 0 aliphatic rings. The standard InChI is InChI=1S/C14H12Cl2O4/c1-19-13(17)5-3-4-10(14(18)20-2)9-6-7-11(15)12(16)8-9/h3-8H,1-2H3/b5-3-,10-4+. The summed E-state index contributed by atoms with van der Waals surface area (Å²) < 4.78 is 9.14. The van der Waals surface area contributed by atoms with Crippen LogP contribution in [0.15, 0.2) is 36.4 Å². The van der Waals surface area contributed by atoms with E-state index in [1.54, 1.807) is 18.2 Å². The first-order valence-electron chi connectivity index (χ1n) is 5.49. The smallest absolute Gasteiger partial charge is 0.338 e. The molecular formula is C14H12Cl2O4. The highest BCUT2D eigenvalue weighted by molar-refractivity contribution is 6.42. The molecule has 0 spiro atoms. The highest BCUT2D eigenvalue weighted by Crippen LogP contribution is 2.26. The highest BCUT2D eigenvalue weighted by Gasteiger charge is 2.12. The molecule has 0 saturated heterocycles. The molecule has 6 heteroatoms. The third-order valence-electron chi connectivity index (χ3n) is 2.33. The van der Waals surface area contributed by atoms with Crippen molar-refractivity contribution in [2.45, 2.75) is 0 Å². The Kier molecular flexibility index (Phi) is 6.28. The monoisotopic (exact) mass is 314 g/mol. The van der Waals surface area contributed by atoms with Gasteiger partial charge in [0, 0.05) is 6.08 Å². The number of methoxy groups -OCH3 is 2. The maximum Gasteiger partial charge on any atom is 0.338 e. The maximum absolute atomic E-state index is 11.7. The van der Waals surface area contributed by atoms with E-state index in [-0.39, 0.29) is 5.57 Å². The van der Waals surface area contributed by atoms with Crippen LogP contribution < -0.4 is 0 Å². The molecule has 0 aliphatic heterocycles. The second-order valence-corrected chi connectivity index (χ2v) is 4.40. The van der Waals surface area contributed by atoms with Gasteiger partial charge in [-0.05, 0) is 23.8 Å². The normalized spacial score (nSPS) is 11.5. The molecule has 0 N–H and O–H groups in total. The Labute approximate surface area is 126 Å². The molecule has 0 saturated carbocycles. The number of hydrogen-bond donors (Lipinski definition) is 0. The van der Waals surface area contributed by atoms with Crippen LogP contribution in [0.25, 0.3) is 5.57 Å². The van der Waals surface area contributed by atoms with E-state index in [2.05, 4.69) is 9.47 Å². The molecule has 0 atom stereocenters. The summed E-state index contributed by atoms with van der Waals surface area (Å²) in [6.45, 7) is 0. The van der Waals surface area contributed by atoms with E-state index >= 15 is 0 Å². The van der Waals surface area contributed by atoms with E-state index in [1.807, 2.05) is 0 Å². The van der Waals surface area contributed by atoms with E-state index in [9.17, 15) is 9.59 Å². The van der Waals surface area contributed by atoms with Gasteiger partial charge in [-0.3, -0.25) is 0 Å². The molecule has 1 aromatic rings. The number of ether oxygens (including phenoxy) is 2. The van der Waals surface area contributed by atoms with Crippen molar-refractivity contribution < 1.29 is 19.1 Å². The average molecular weight is 315 g/mol. The summed E-state index contributed by atoms with van der Waals surface area (Å²) in [5, 5.41) is 0.695. The van der Waals surface area contributed by atoms with E-state index < -0.39 is 11.9 Å². The van der Waals surface area contributed by atoms with Gasteiger partial charge in [-0.25, -0.2) is 9.59 Å². The molecule has 0 amide bonds. The molecule has 20 heavy (non-hydrogen) atoms. The predicted molar refractivity (Wildman–Crippen MR) is 77.6 cm³/mol. The topological polar surface area (TPSA) is 52.6 Å². The Bertz CT molecular complexity index is 577. The molecular weight excluding hydrogens is 303 g/mol. The van der Waals surface area contributed by atoms with Gasteiger partial charge in [0.05, 0.1) is 29.8 Å². The van der Waals surface area contributed by atoms with Gasteiger partial charge < -0.3 is 9.47 Å². The zero-order valence-electron chi connectivity index (χ0n) is 10.9. The van der Waals surface area contributed by atoms with Gasteiger partial charge in [-0.15, -0.1) is 0 Å². The Morgan fingerprint density at radius 3 is 2.35 bits per heavy atom. The van der Waals surface area contributed by atoms with E-state index in [4.69, 9.17) is 23.2 Å². The lowest BCUT2D eigenvalue weighted by molar-refractivity contribution is -0.135. The molecule has 0 fully saturated rings. The van der Waals surface area contributed by atoms with Crippen molar-refractivity contribution in [2.75, 3.05) is 14.2 Å². The molecule has 0 unspecified atom stereocenters. The van der Waals surface area contributed by atoms with Gasteiger partial charge in [-0.1, -0.05) is 35.3 Å². The zero-order valence-corrected chi connectivity index (χ0v) is 12.4. The predicted octanol–water partition coefficient (Wildman–Crippen LogP) is 3.28. The summed E-state index contributed by atoms with van der Waals surface area (Å²) in [6.07, 6.45) is 4.00. The molecule has 1 aromatic carbocycles. The molecule has 4 nitrogen and oxygen atoms in total. The fourth-order valence-electron chi connectivity index (χ4n) is 1.35. The number of benzene rings is 1. The van der Waals surface area contributed by atoms with Crippen LogP contribution in [0.4, 0.5) is 0 Å². The molecule has 0 aliphatic carbocycles. The van der Waals surface area contributed by atoms with Crippen molar-refractivity contribution >= 4 is 40.7 Å². The van der Waals surface area contributed by atoms with Crippen molar-refractivity contribution in [3.8, 4) is 0 Å². The minimum atomic E-state index is -0.557. The minimum Gasteiger partial charge on any atom is -0.466 e. The Morgan fingerprint density at radius 1 is 1.10 bits per heavy atom. The summed E-state index contributed by atoms with van der Waals surface area (Å²) >= 11 is 11.7. The summed E-state index contributed by atoms with van der Waals surface area (Å²) in [6, 6.07) is 4.74. The first-order valence-corrected chi connectivity index (χ1v) is 6.25. The van der Waals surface area contributed by atoms with Crippen LogP contribution in [0.2, 0.25) is 10.0 Å². The second kappa shape index (κ2) is 7.72. The van der Waals surface area contributed by atoms with Gasteiger partial charge in [0.1, 0.15) is 0 Å². The molecule has 1 rings (SSSR count). The van der Waals surface area contributed by atoms with Gasteiger partial charge in [-0.2, -0.15) is 0 Å². The molecule has 0 heterocycles. The number of halogens is 2. The number of carbonyl (C=O) groups is 2. The SMILES string of the molecule is COC(=O)/C=C\C=C(\C(=O)OC)c1ccc(Cl)c(Cl)c1. The quantitative estimate of drug-likeness (QED) is 0.486.